The van der Waals surface area contributed by atoms with Crippen LogP contribution in [-0.4, -0.2) is 36.5 Å². The van der Waals surface area contributed by atoms with E-state index in [1.165, 1.54) is 0 Å². The highest BCUT2D eigenvalue weighted by molar-refractivity contribution is 4.85. The summed E-state index contributed by atoms with van der Waals surface area (Å²) in [6.07, 6.45) is 1.83. The molecule has 0 radical (unpaired) electrons. The second-order valence-electron chi connectivity index (χ2n) is 3.72. The quantitative estimate of drug-likeness (QED) is 0.654. The van der Waals surface area contributed by atoms with Gasteiger partial charge in [0.15, 0.2) is 0 Å². The number of aliphatic hydroxyl groups excluding tert-OH is 1. The van der Waals surface area contributed by atoms with Gasteiger partial charge in [0.25, 0.3) is 0 Å². The third kappa shape index (κ3) is 2.44. The molecule has 3 nitrogen and oxygen atoms in total. The van der Waals surface area contributed by atoms with Crippen molar-refractivity contribution in [2.45, 2.75) is 38.3 Å². The minimum atomic E-state index is -0.152. The summed E-state index contributed by atoms with van der Waals surface area (Å²) in [7, 11) is 0. The minimum Gasteiger partial charge on any atom is -0.396 e. The molecule has 1 aliphatic heterocycles. The molecule has 0 amide bonds. The zero-order valence-electron chi connectivity index (χ0n) is 7.97. The molecule has 0 saturated carbocycles. The van der Waals surface area contributed by atoms with E-state index in [-0.39, 0.29) is 12.2 Å². The van der Waals surface area contributed by atoms with Crippen molar-refractivity contribution in [1.29, 1.82) is 0 Å². The van der Waals surface area contributed by atoms with Gasteiger partial charge in [0.2, 0.25) is 0 Å². The Kier molecular flexibility index (Phi) is 3.50. The average Bonchev–Trinajstić information content (AvgIpc) is 2.06. The van der Waals surface area contributed by atoms with Crippen LogP contribution < -0.4 is 5.32 Å². The van der Waals surface area contributed by atoms with Crippen molar-refractivity contribution < 1.29 is 9.84 Å². The Balaban J connectivity index is 2.33. The summed E-state index contributed by atoms with van der Waals surface area (Å²) in [6.45, 7) is 6.02. The normalized spacial score (nSPS) is 36.8. The molecule has 0 aromatic rings. The van der Waals surface area contributed by atoms with Crippen molar-refractivity contribution in [3.05, 3.63) is 0 Å². The predicted octanol–water partition coefficient (Wildman–Crippen LogP) is 0.526. The van der Waals surface area contributed by atoms with Gasteiger partial charge in [0, 0.05) is 25.6 Å². The molecule has 1 rings (SSSR count). The van der Waals surface area contributed by atoms with Crippen LogP contribution in [0.1, 0.15) is 26.7 Å². The summed E-state index contributed by atoms with van der Waals surface area (Å²) in [5.41, 5.74) is -0.152. The molecule has 3 heteroatoms. The third-order valence-corrected chi connectivity index (χ3v) is 2.53. The van der Waals surface area contributed by atoms with Crippen LogP contribution in [0, 0.1) is 0 Å². The van der Waals surface area contributed by atoms with Crippen molar-refractivity contribution >= 4 is 0 Å². The fourth-order valence-electron chi connectivity index (χ4n) is 1.43. The summed E-state index contributed by atoms with van der Waals surface area (Å²) in [5.74, 6) is 0. The Morgan fingerprint density at radius 1 is 1.67 bits per heavy atom. The van der Waals surface area contributed by atoms with E-state index in [9.17, 15) is 0 Å². The highest BCUT2D eigenvalue weighted by Gasteiger charge is 2.30. The number of hydrogen-bond donors (Lipinski definition) is 2. The fourth-order valence-corrected chi connectivity index (χ4v) is 1.43. The van der Waals surface area contributed by atoms with Crippen molar-refractivity contribution in [2.75, 3.05) is 19.8 Å². The highest BCUT2D eigenvalue weighted by atomic mass is 16.5. The standard InChI is InChI=1S/C9H19NO2/c1-3-8-6-12-9(2,4-5-11)7-10-8/h8,10-11H,3-7H2,1-2H3/t8-,9?/m1/s1. The summed E-state index contributed by atoms with van der Waals surface area (Å²) < 4.78 is 5.69. The molecule has 72 valence electrons. The molecule has 0 bridgehead atoms. The van der Waals surface area contributed by atoms with Gasteiger partial charge in [-0.1, -0.05) is 6.92 Å². The summed E-state index contributed by atoms with van der Waals surface area (Å²) in [5, 5.41) is 12.2. The van der Waals surface area contributed by atoms with Crippen LogP contribution in [0.25, 0.3) is 0 Å². The third-order valence-electron chi connectivity index (χ3n) is 2.53. The topological polar surface area (TPSA) is 41.5 Å². The molecule has 2 N–H and O–H groups in total. The molecule has 0 aliphatic carbocycles. The highest BCUT2D eigenvalue weighted by Crippen LogP contribution is 2.18. The van der Waals surface area contributed by atoms with Gasteiger partial charge in [0.05, 0.1) is 12.2 Å². The van der Waals surface area contributed by atoms with E-state index >= 15 is 0 Å². The molecule has 1 heterocycles. The lowest BCUT2D eigenvalue weighted by Gasteiger charge is -2.37. The molecule has 1 fully saturated rings. The van der Waals surface area contributed by atoms with Crippen LogP contribution in [0.15, 0.2) is 0 Å². The van der Waals surface area contributed by atoms with Crippen LogP contribution in [0.5, 0.6) is 0 Å². The Morgan fingerprint density at radius 3 is 2.83 bits per heavy atom. The first-order valence-corrected chi connectivity index (χ1v) is 4.68. The molecule has 1 unspecified atom stereocenters. The average molecular weight is 173 g/mol. The summed E-state index contributed by atoms with van der Waals surface area (Å²) >= 11 is 0. The van der Waals surface area contributed by atoms with Gasteiger partial charge in [-0.05, 0) is 13.3 Å². The molecule has 0 aromatic heterocycles. The second-order valence-corrected chi connectivity index (χ2v) is 3.72. The van der Waals surface area contributed by atoms with Gasteiger partial charge < -0.3 is 15.2 Å². The van der Waals surface area contributed by atoms with Crippen molar-refractivity contribution in [3.8, 4) is 0 Å². The first-order valence-electron chi connectivity index (χ1n) is 4.68. The van der Waals surface area contributed by atoms with Crippen LogP contribution in [0.2, 0.25) is 0 Å². The summed E-state index contributed by atoms with van der Waals surface area (Å²) in [4.78, 5) is 0. The number of rotatable bonds is 3. The lowest BCUT2D eigenvalue weighted by atomic mass is 9.99. The Morgan fingerprint density at radius 2 is 2.42 bits per heavy atom. The minimum absolute atomic E-state index is 0.152. The monoisotopic (exact) mass is 173 g/mol. The number of nitrogens with one attached hydrogen (secondary N) is 1. The smallest absolute Gasteiger partial charge is 0.0801 e. The van der Waals surface area contributed by atoms with E-state index in [1.807, 2.05) is 6.92 Å². The fraction of sp³-hybridized carbons (Fsp3) is 1.00. The van der Waals surface area contributed by atoms with Crippen LogP contribution in [0.4, 0.5) is 0 Å². The number of ether oxygens (including phenoxy) is 1. The molecular weight excluding hydrogens is 154 g/mol. The molecule has 0 spiro atoms. The first-order chi connectivity index (χ1) is 5.70. The van der Waals surface area contributed by atoms with Gasteiger partial charge in [-0.15, -0.1) is 0 Å². The zero-order chi connectivity index (χ0) is 9.03. The van der Waals surface area contributed by atoms with E-state index in [4.69, 9.17) is 9.84 Å². The second kappa shape index (κ2) is 4.21. The number of aliphatic hydroxyl groups is 1. The van der Waals surface area contributed by atoms with E-state index in [2.05, 4.69) is 12.2 Å². The molecule has 1 aliphatic rings. The van der Waals surface area contributed by atoms with E-state index < -0.39 is 0 Å². The maximum absolute atomic E-state index is 8.80. The number of morpholine rings is 1. The van der Waals surface area contributed by atoms with Gasteiger partial charge >= 0.3 is 0 Å². The van der Waals surface area contributed by atoms with Crippen LogP contribution in [0.3, 0.4) is 0 Å². The molecule has 1 saturated heterocycles. The SMILES string of the molecule is CC[C@@H]1COC(C)(CCO)CN1. The molecule has 2 atom stereocenters. The summed E-state index contributed by atoms with van der Waals surface area (Å²) in [6, 6.07) is 0.497. The van der Waals surface area contributed by atoms with Crippen LogP contribution in [-0.2, 0) is 4.74 Å². The molecule has 12 heavy (non-hydrogen) atoms. The molecule has 0 aromatic carbocycles. The lowest BCUT2D eigenvalue weighted by molar-refractivity contribution is -0.0821. The first kappa shape index (κ1) is 9.96. The maximum Gasteiger partial charge on any atom is 0.0801 e. The zero-order valence-corrected chi connectivity index (χ0v) is 7.97. The van der Waals surface area contributed by atoms with Crippen molar-refractivity contribution in [2.24, 2.45) is 0 Å². The Bertz CT molecular complexity index is 130. The maximum atomic E-state index is 8.80. The predicted molar refractivity (Wildman–Crippen MR) is 48.1 cm³/mol. The van der Waals surface area contributed by atoms with E-state index in [0.717, 1.165) is 26.0 Å². The van der Waals surface area contributed by atoms with Gasteiger partial charge in [-0.2, -0.15) is 0 Å². The van der Waals surface area contributed by atoms with Crippen molar-refractivity contribution in [3.63, 3.8) is 0 Å². The van der Waals surface area contributed by atoms with E-state index in [1.54, 1.807) is 0 Å². The largest absolute Gasteiger partial charge is 0.396 e. The van der Waals surface area contributed by atoms with Gasteiger partial charge in [-0.25, -0.2) is 0 Å². The van der Waals surface area contributed by atoms with Crippen LogP contribution >= 0.6 is 0 Å². The molecular formula is C9H19NO2. The van der Waals surface area contributed by atoms with Gasteiger partial charge in [0.1, 0.15) is 0 Å². The Labute approximate surface area is 74.1 Å². The van der Waals surface area contributed by atoms with E-state index in [0.29, 0.717) is 6.04 Å². The Hall–Kier alpha value is -0.120. The lowest BCUT2D eigenvalue weighted by Crippen LogP contribution is -2.53. The van der Waals surface area contributed by atoms with Gasteiger partial charge in [-0.3, -0.25) is 0 Å². The van der Waals surface area contributed by atoms with Crippen molar-refractivity contribution in [1.82, 2.24) is 5.32 Å². The number of hydrogen-bond acceptors (Lipinski definition) is 3.